The lowest BCUT2D eigenvalue weighted by Crippen LogP contribution is -2.46. The van der Waals surface area contributed by atoms with Crippen molar-refractivity contribution in [1.82, 2.24) is 53.6 Å². The van der Waals surface area contributed by atoms with Crippen LogP contribution in [0.15, 0.2) is 34.9 Å². The Labute approximate surface area is 428 Å². The van der Waals surface area contributed by atoms with Crippen LogP contribution in [0.5, 0.6) is 0 Å². The lowest BCUT2D eigenvalue weighted by molar-refractivity contribution is -0.745. The van der Waals surface area contributed by atoms with Gasteiger partial charge in [0.25, 0.3) is 17.1 Å². The van der Waals surface area contributed by atoms with Crippen LogP contribution in [-0.2, 0) is 75.7 Å². The third-order valence-corrected chi connectivity index (χ3v) is 17.2. The first-order valence-corrected chi connectivity index (χ1v) is 28.0. The molecule has 3 aliphatic heterocycles. The molecule has 0 radical (unpaired) electrons. The van der Waals surface area contributed by atoms with Gasteiger partial charge in [-0.2, -0.15) is 13.6 Å². The monoisotopic (exact) mass is 1170 g/mol. The summed E-state index contributed by atoms with van der Waals surface area (Å²) in [5.41, 5.74) is 9.96. The molecular weight excluding hydrogens is 1130 g/mol. The summed E-state index contributed by atoms with van der Waals surface area (Å²) in [5.74, 6) is -0.328. The molecule has 6 aromatic heterocycles. The number of aromatic amines is 2. The van der Waals surface area contributed by atoms with Crippen molar-refractivity contribution in [2.75, 3.05) is 57.9 Å². The summed E-state index contributed by atoms with van der Waals surface area (Å²) in [4.78, 5) is 96.7. The van der Waals surface area contributed by atoms with Crippen LogP contribution < -0.4 is 32.5 Å². The highest BCUT2D eigenvalue weighted by Crippen LogP contribution is 2.68. The summed E-state index contributed by atoms with van der Waals surface area (Å²) >= 11 is 0. The van der Waals surface area contributed by atoms with E-state index in [9.17, 15) is 62.7 Å². The van der Waals surface area contributed by atoms with E-state index in [4.69, 9.17) is 53.2 Å². The number of phosphoric acid groups is 4. The molecule has 6 aromatic rings. The van der Waals surface area contributed by atoms with Crippen LogP contribution >= 0.6 is 31.3 Å². The summed E-state index contributed by atoms with van der Waals surface area (Å²) in [6.07, 6.45) is -14.2. The third kappa shape index (κ3) is 11.4. The van der Waals surface area contributed by atoms with E-state index in [2.05, 4.69) is 53.8 Å². The zero-order chi connectivity index (χ0) is 55.7. The van der Waals surface area contributed by atoms with E-state index < -0.39 is 136 Å². The van der Waals surface area contributed by atoms with E-state index in [0.29, 0.717) is 0 Å². The van der Waals surface area contributed by atoms with Crippen LogP contribution in [0.4, 0.5) is 17.7 Å². The standard InChI is InChI=1S/C34H47N15O24P4/c1-37-24-15-25(39-8-38-24)47(9-40-15)32-23(64-4)22(71-74(55,56)65-5-12-18(50)19(51)30(68-12)48-10-41-16-26(48)42-33(35)44-28(16)53)14(70-32)7-67-76(59,60)73-77(61,62)72-75(57,58)66-6-13-21(63-3)20(52)31(69-13)49-11-46(2)17-27(49)43-34(36)45-29(17)54/h8-14,18-23,30-32,50-52H,5-7H2,1-4H3,(H10-,35,36,37,38,39,42,43,44,45,53,54,55,56,57,58,59,60,61,62)/p+1. The smallest absolute Gasteiger partial charge is 0.387 e. The average molecular weight is 1170 g/mol. The van der Waals surface area contributed by atoms with Crippen molar-refractivity contribution in [3.8, 4) is 0 Å². The predicted octanol–water partition coefficient (Wildman–Crippen LogP) is -3.60. The number of aliphatic hydroxyl groups is 3. The number of hydrogen-bond donors (Lipinski definition) is 12. The van der Waals surface area contributed by atoms with E-state index in [1.807, 2.05) is 0 Å². The molecule has 0 aliphatic carbocycles. The number of ether oxygens (including phenoxy) is 5. The molecular formula is C34H48N15O24P4+. The van der Waals surface area contributed by atoms with Gasteiger partial charge < -0.3 is 75.4 Å². The minimum Gasteiger partial charge on any atom is -0.387 e. The first kappa shape index (κ1) is 56.6. The molecule has 16 unspecified atom stereocenters. The van der Waals surface area contributed by atoms with Gasteiger partial charge in [0.2, 0.25) is 17.7 Å². The molecule has 3 fully saturated rings. The van der Waals surface area contributed by atoms with Gasteiger partial charge in [-0.25, -0.2) is 42.8 Å². The van der Waals surface area contributed by atoms with Crippen molar-refractivity contribution < 1.29 is 108 Å². The van der Waals surface area contributed by atoms with E-state index in [0.717, 1.165) is 31.4 Å². The Morgan fingerprint density at radius 3 is 1.91 bits per heavy atom. The number of rotatable bonds is 21. The Morgan fingerprint density at radius 1 is 0.688 bits per heavy atom. The fourth-order valence-corrected chi connectivity index (χ4v) is 13.2. The van der Waals surface area contributed by atoms with Crippen LogP contribution in [0, 0.1) is 0 Å². The number of fused-ring (bicyclic) bond motifs is 3. The fourth-order valence-electron chi connectivity index (χ4n) is 8.73. The third-order valence-electron chi connectivity index (χ3n) is 12.0. The highest BCUT2D eigenvalue weighted by Gasteiger charge is 2.54. The molecule has 3 saturated heterocycles. The first-order chi connectivity index (χ1) is 36.2. The lowest BCUT2D eigenvalue weighted by Gasteiger charge is -2.26. The normalized spacial score (nSPS) is 30.0. The van der Waals surface area contributed by atoms with Crippen LogP contribution in [-0.4, -0.2) is 184 Å². The van der Waals surface area contributed by atoms with Crippen molar-refractivity contribution in [2.24, 2.45) is 7.05 Å². The van der Waals surface area contributed by atoms with Gasteiger partial charge in [-0.3, -0.25) is 51.4 Å². The number of hydrogen-bond acceptors (Lipinski definition) is 29. The number of nitrogen functional groups attached to an aromatic ring is 2. The number of aryl methyl sites for hydroxylation is 1. The minimum absolute atomic E-state index is 0.0239. The summed E-state index contributed by atoms with van der Waals surface area (Å²) in [7, 11) is -18.1. The molecule has 43 heteroatoms. The maximum Gasteiger partial charge on any atom is 0.490 e. The number of methoxy groups -OCH3 is 2. The van der Waals surface area contributed by atoms with Crippen molar-refractivity contribution in [2.45, 2.75) is 73.6 Å². The lowest BCUT2D eigenvalue weighted by atomic mass is 10.1. The number of H-pyrrole nitrogens is 2. The molecule has 0 saturated carbocycles. The first-order valence-electron chi connectivity index (χ1n) is 22.0. The second-order valence-corrected chi connectivity index (χ2v) is 22.9. The highest BCUT2D eigenvalue weighted by atomic mass is 31.3. The number of nitrogens with zero attached hydrogens (tertiary/aromatic N) is 10. The highest BCUT2D eigenvalue weighted by molar-refractivity contribution is 7.66. The molecule has 9 rings (SSSR count). The molecule has 0 bridgehead atoms. The van der Waals surface area contributed by atoms with Crippen LogP contribution in [0.3, 0.4) is 0 Å². The Balaban J connectivity index is 0.872. The topological polar surface area (TPSA) is 537 Å². The number of aromatic nitrogens is 12. The van der Waals surface area contributed by atoms with Gasteiger partial charge in [-0.15, -0.1) is 0 Å². The van der Waals surface area contributed by atoms with Gasteiger partial charge in [-0.1, -0.05) is 4.98 Å². The Bertz CT molecular complexity index is 3510. The quantitative estimate of drug-likeness (QED) is 0.0245. The van der Waals surface area contributed by atoms with Gasteiger partial charge >= 0.3 is 36.9 Å². The molecule has 0 aromatic carbocycles. The van der Waals surface area contributed by atoms with Crippen LogP contribution in [0.1, 0.15) is 18.7 Å². The van der Waals surface area contributed by atoms with Gasteiger partial charge in [0, 0.05) is 21.3 Å². The molecule has 3 aliphatic rings. The number of aliphatic hydroxyl groups excluding tert-OH is 3. The Hall–Kier alpha value is -5.15. The van der Waals surface area contributed by atoms with E-state index in [1.54, 1.807) is 7.05 Å². The summed E-state index contributed by atoms with van der Waals surface area (Å²) in [6, 6.07) is 0. The number of imidazole rings is 3. The summed E-state index contributed by atoms with van der Waals surface area (Å²) in [6.45, 7) is -3.22. The minimum atomic E-state index is -6.18. The summed E-state index contributed by atoms with van der Waals surface area (Å²) < 4.78 is 116. The van der Waals surface area contributed by atoms with Gasteiger partial charge in [0.15, 0.2) is 41.4 Å². The predicted molar refractivity (Wildman–Crippen MR) is 249 cm³/mol. The Kier molecular flexibility index (Phi) is 15.8. The molecule has 16 atom stereocenters. The number of nitrogens with two attached hydrogens (primary N) is 2. The van der Waals surface area contributed by atoms with E-state index in [-0.39, 0.29) is 51.2 Å². The fraction of sp³-hybridized carbons (Fsp3) is 0.559. The van der Waals surface area contributed by atoms with E-state index >= 15 is 0 Å². The largest absolute Gasteiger partial charge is 0.490 e. The molecule has 0 spiro atoms. The molecule has 14 N–H and O–H groups in total. The van der Waals surface area contributed by atoms with Crippen LogP contribution in [0.25, 0.3) is 33.5 Å². The van der Waals surface area contributed by atoms with Crippen molar-refractivity contribution in [1.29, 1.82) is 0 Å². The second-order valence-electron chi connectivity index (χ2n) is 16.9. The molecule has 0 amide bonds. The summed E-state index contributed by atoms with van der Waals surface area (Å²) in [5, 5.41) is 35.7. The van der Waals surface area contributed by atoms with Gasteiger partial charge in [0.1, 0.15) is 66.8 Å². The number of phosphoric ester groups is 3. The van der Waals surface area contributed by atoms with Crippen molar-refractivity contribution >= 4 is 82.5 Å². The van der Waals surface area contributed by atoms with Gasteiger partial charge in [0.05, 0.1) is 39.5 Å². The molecule has 422 valence electrons. The number of nitrogens with one attached hydrogen (secondary N) is 3. The number of anilines is 3. The van der Waals surface area contributed by atoms with E-state index in [1.165, 1.54) is 33.4 Å². The van der Waals surface area contributed by atoms with Gasteiger partial charge in [-0.05, 0) is 0 Å². The van der Waals surface area contributed by atoms with Crippen molar-refractivity contribution in [3.63, 3.8) is 0 Å². The second kappa shape index (κ2) is 21.5. The molecule has 77 heavy (non-hydrogen) atoms. The zero-order valence-corrected chi connectivity index (χ0v) is 43.4. The molecule has 39 nitrogen and oxygen atoms in total. The maximum absolute atomic E-state index is 13.7. The van der Waals surface area contributed by atoms with Crippen LogP contribution in [0.2, 0.25) is 0 Å². The SMILES string of the molecule is CNc1ncnc2c1ncn2C1OC(COP(=O)(O)OP(=O)(O)OP(=O)(O)OCC2OC([n+]3cn(C)c4c(=O)[nH]c(N)nc43)C(O)C2OC)C(OP(=O)(O)OCC2OC(n3cnc4c(=O)[nH]c(N)nc43)C(O)C2O)C1OC. The van der Waals surface area contributed by atoms with Crippen molar-refractivity contribution in [3.05, 3.63) is 46.0 Å². The molecule has 9 heterocycles. The maximum atomic E-state index is 13.7. The average Bonchev–Trinajstić information content (AvgIpc) is 4.21. The Morgan fingerprint density at radius 2 is 1.26 bits per heavy atom. The zero-order valence-electron chi connectivity index (χ0n) is 39.8.